The number of aryl methyl sites for hydroxylation is 1. The minimum absolute atomic E-state index is 0.459. The Hall–Kier alpha value is -1.82. The van der Waals surface area contributed by atoms with Crippen LogP contribution in [0.1, 0.15) is 25.0 Å². The Bertz CT molecular complexity index is 603. The van der Waals surface area contributed by atoms with Crippen molar-refractivity contribution in [1.82, 2.24) is 0 Å². The SMILES string of the molecule is Cc1ccc(C=CC(=O)O)cc1NS(=O)(=O)C(C)C. The van der Waals surface area contributed by atoms with Crippen molar-refractivity contribution < 1.29 is 18.3 Å². The van der Waals surface area contributed by atoms with Crippen LogP contribution in [0.4, 0.5) is 5.69 Å². The lowest BCUT2D eigenvalue weighted by molar-refractivity contribution is -0.131. The van der Waals surface area contributed by atoms with Crippen LogP contribution in [0.15, 0.2) is 24.3 Å². The van der Waals surface area contributed by atoms with Crippen molar-refractivity contribution >= 4 is 27.8 Å². The van der Waals surface area contributed by atoms with Crippen LogP contribution in [0.3, 0.4) is 0 Å². The van der Waals surface area contributed by atoms with Gasteiger partial charge in [-0.05, 0) is 44.0 Å². The highest BCUT2D eigenvalue weighted by Crippen LogP contribution is 2.20. The highest BCUT2D eigenvalue weighted by molar-refractivity contribution is 7.93. The topological polar surface area (TPSA) is 83.5 Å². The predicted octanol–water partition coefficient (Wildman–Crippen LogP) is 2.24. The summed E-state index contributed by atoms with van der Waals surface area (Å²) in [7, 11) is -3.41. The normalized spacial score (nSPS) is 12.0. The van der Waals surface area contributed by atoms with Gasteiger partial charge in [0.25, 0.3) is 0 Å². The van der Waals surface area contributed by atoms with Gasteiger partial charge in [0.15, 0.2) is 0 Å². The van der Waals surface area contributed by atoms with Crippen LogP contribution in [0.25, 0.3) is 6.08 Å². The Balaban J connectivity index is 3.08. The van der Waals surface area contributed by atoms with Crippen LogP contribution in [0, 0.1) is 6.92 Å². The van der Waals surface area contributed by atoms with E-state index in [0.717, 1.165) is 11.6 Å². The van der Waals surface area contributed by atoms with Crippen LogP contribution < -0.4 is 4.72 Å². The smallest absolute Gasteiger partial charge is 0.328 e. The summed E-state index contributed by atoms with van der Waals surface area (Å²) in [6, 6.07) is 5.07. The van der Waals surface area contributed by atoms with E-state index in [4.69, 9.17) is 5.11 Å². The number of sulfonamides is 1. The molecule has 0 saturated heterocycles. The number of carboxylic acids is 1. The third-order valence-corrected chi connectivity index (χ3v) is 4.30. The number of hydrogen-bond acceptors (Lipinski definition) is 3. The number of rotatable bonds is 5. The Morgan fingerprint density at radius 3 is 2.53 bits per heavy atom. The third-order valence-electron chi connectivity index (χ3n) is 2.55. The number of benzene rings is 1. The van der Waals surface area contributed by atoms with E-state index in [-0.39, 0.29) is 0 Å². The molecule has 0 aliphatic carbocycles. The van der Waals surface area contributed by atoms with E-state index < -0.39 is 21.2 Å². The average Bonchev–Trinajstić information content (AvgIpc) is 2.29. The number of anilines is 1. The van der Waals surface area contributed by atoms with Crippen molar-refractivity contribution in [3.05, 3.63) is 35.4 Å². The molecule has 0 heterocycles. The summed E-state index contributed by atoms with van der Waals surface area (Å²) in [5.41, 5.74) is 1.85. The molecule has 2 N–H and O–H groups in total. The van der Waals surface area contributed by atoms with Gasteiger partial charge >= 0.3 is 5.97 Å². The van der Waals surface area contributed by atoms with Crippen LogP contribution >= 0.6 is 0 Å². The molecular weight excluding hydrogens is 266 g/mol. The molecular formula is C13H17NO4S. The molecule has 0 radical (unpaired) electrons. The molecule has 5 nitrogen and oxygen atoms in total. The van der Waals surface area contributed by atoms with Gasteiger partial charge in [0.05, 0.1) is 10.9 Å². The number of nitrogens with one attached hydrogen (secondary N) is 1. The number of carbonyl (C=O) groups is 1. The zero-order valence-corrected chi connectivity index (χ0v) is 11.9. The van der Waals surface area contributed by atoms with Gasteiger partial charge in [-0.3, -0.25) is 4.72 Å². The number of aliphatic carboxylic acids is 1. The van der Waals surface area contributed by atoms with Gasteiger partial charge in [-0.15, -0.1) is 0 Å². The average molecular weight is 283 g/mol. The second-order valence-electron chi connectivity index (χ2n) is 4.44. The van der Waals surface area contributed by atoms with Gasteiger partial charge in [-0.1, -0.05) is 12.1 Å². The molecule has 1 rings (SSSR count). The van der Waals surface area contributed by atoms with Crippen LogP contribution in [0.2, 0.25) is 0 Å². The predicted molar refractivity (Wildman–Crippen MR) is 75.5 cm³/mol. The second kappa shape index (κ2) is 5.88. The molecule has 104 valence electrons. The molecule has 0 saturated carbocycles. The molecule has 0 amide bonds. The van der Waals surface area contributed by atoms with Crippen LogP contribution in [-0.4, -0.2) is 24.7 Å². The summed E-state index contributed by atoms with van der Waals surface area (Å²) < 4.78 is 26.1. The summed E-state index contributed by atoms with van der Waals surface area (Å²) in [5, 5.41) is 8.02. The lowest BCUT2D eigenvalue weighted by Gasteiger charge is -2.13. The van der Waals surface area contributed by atoms with Gasteiger partial charge in [-0.2, -0.15) is 0 Å². The minimum Gasteiger partial charge on any atom is -0.478 e. The van der Waals surface area contributed by atoms with Crippen molar-refractivity contribution in [3.8, 4) is 0 Å². The zero-order chi connectivity index (χ0) is 14.6. The molecule has 0 aliphatic rings. The lowest BCUT2D eigenvalue weighted by atomic mass is 10.1. The largest absolute Gasteiger partial charge is 0.478 e. The fraction of sp³-hybridized carbons (Fsp3) is 0.308. The summed E-state index contributed by atoms with van der Waals surface area (Å²) >= 11 is 0. The van der Waals surface area contributed by atoms with E-state index in [2.05, 4.69) is 4.72 Å². The Morgan fingerprint density at radius 2 is 2.00 bits per heavy atom. The van der Waals surface area contributed by atoms with E-state index in [1.54, 1.807) is 39.0 Å². The number of hydrogen-bond donors (Lipinski definition) is 2. The first-order valence-corrected chi connectivity index (χ1v) is 7.30. The van der Waals surface area contributed by atoms with Crippen LogP contribution in [-0.2, 0) is 14.8 Å². The van der Waals surface area contributed by atoms with E-state index in [1.807, 2.05) is 0 Å². The van der Waals surface area contributed by atoms with Gasteiger partial charge in [-0.25, -0.2) is 13.2 Å². The van der Waals surface area contributed by atoms with E-state index in [1.165, 1.54) is 6.08 Å². The standard InChI is InChI=1S/C13H17NO4S/c1-9(2)19(17,18)14-12-8-11(5-4-10(12)3)6-7-13(15)16/h4-9,14H,1-3H3,(H,15,16). The molecule has 0 bridgehead atoms. The van der Waals surface area contributed by atoms with Gasteiger partial charge in [0.2, 0.25) is 10.0 Å². The maximum Gasteiger partial charge on any atom is 0.328 e. The summed E-state index contributed by atoms with van der Waals surface area (Å²) in [6.07, 6.45) is 2.42. The van der Waals surface area contributed by atoms with Crippen molar-refractivity contribution in [3.63, 3.8) is 0 Å². The molecule has 1 aromatic rings. The fourth-order valence-electron chi connectivity index (χ4n) is 1.29. The molecule has 6 heteroatoms. The maximum absolute atomic E-state index is 11.8. The highest BCUT2D eigenvalue weighted by Gasteiger charge is 2.16. The second-order valence-corrected chi connectivity index (χ2v) is 6.68. The summed E-state index contributed by atoms with van der Waals surface area (Å²) in [4.78, 5) is 10.4. The van der Waals surface area contributed by atoms with Gasteiger partial charge in [0.1, 0.15) is 0 Å². The summed E-state index contributed by atoms with van der Waals surface area (Å²) in [5.74, 6) is -1.05. The van der Waals surface area contributed by atoms with E-state index >= 15 is 0 Å². The van der Waals surface area contributed by atoms with Crippen molar-refractivity contribution in [2.24, 2.45) is 0 Å². The Kier molecular flexibility index (Phi) is 4.72. The van der Waals surface area contributed by atoms with Gasteiger partial charge < -0.3 is 5.11 Å². The first kappa shape index (κ1) is 15.2. The van der Waals surface area contributed by atoms with Gasteiger partial charge in [0, 0.05) is 6.08 Å². The lowest BCUT2D eigenvalue weighted by Crippen LogP contribution is -2.22. The quantitative estimate of drug-likeness (QED) is 0.812. The third kappa shape index (κ3) is 4.40. The Morgan fingerprint density at radius 1 is 1.37 bits per heavy atom. The van der Waals surface area contributed by atoms with Crippen molar-refractivity contribution in [1.29, 1.82) is 0 Å². The minimum atomic E-state index is -3.41. The molecule has 0 aliphatic heterocycles. The molecule has 19 heavy (non-hydrogen) atoms. The fourth-order valence-corrected chi connectivity index (χ4v) is 2.05. The molecule has 0 spiro atoms. The number of carboxylic acid groups (broad SMARTS) is 1. The monoisotopic (exact) mass is 283 g/mol. The van der Waals surface area contributed by atoms with Crippen LogP contribution in [0.5, 0.6) is 0 Å². The molecule has 0 atom stereocenters. The first-order chi connectivity index (χ1) is 8.72. The molecule has 0 fully saturated rings. The zero-order valence-electron chi connectivity index (χ0n) is 11.0. The summed E-state index contributed by atoms with van der Waals surface area (Å²) in [6.45, 7) is 4.96. The van der Waals surface area contributed by atoms with Crippen molar-refractivity contribution in [2.75, 3.05) is 4.72 Å². The van der Waals surface area contributed by atoms with E-state index in [0.29, 0.717) is 11.3 Å². The first-order valence-electron chi connectivity index (χ1n) is 5.75. The molecule has 1 aromatic carbocycles. The molecule has 0 unspecified atom stereocenters. The van der Waals surface area contributed by atoms with Crippen molar-refractivity contribution in [2.45, 2.75) is 26.0 Å². The van der Waals surface area contributed by atoms with E-state index in [9.17, 15) is 13.2 Å². The maximum atomic E-state index is 11.8. The molecule has 0 aromatic heterocycles. The Labute approximate surface area is 113 Å². The highest BCUT2D eigenvalue weighted by atomic mass is 32.2.